The summed E-state index contributed by atoms with van der Waals surface area (Å²) >= 11 is 1.76. The van der Waals surface area contributed by atoms with Crippen LogP contribution >= 0.6 is 11.8 Å². The van der Waals surface area contributed by atoms with Crippen LogP contribution in [0.3, 0.4) is 0 Å². The lowest BCUT2D eigenvalue weighted by Crippen LogP contribution is -2.00. The Morgan fingerprint density at radius 2 is 1.43 bits per heavy atom. The minimum atomic E-state index is 0.671. The number of rotatable bonds is 8. The van der Waals surface area contributed by atoms with Crippen LogP contribution < -0.4 is 15.2 Å². The predicted octanol–water partition coefficient (Wildman–Crippen LogP) is 4.23. The van der Waals surface area contributed by atoms with Crippen molar-refractivity contribution in [3.05, 3.63) is 48.5 Å². The molecule has 0 unspecified atom stereocenters. The van der Waals surface area contributed by atoms with E-state index >= 15 is 0 Å². The van der Waals surface area contributed by atoms with E-state index in [2.05, 4.69) is 6.92 Å². The van der Waals surface area contributed by atoms with Gasteiger partial charge in [0.05, 0.1) is 13.2 Å². The van der Waals surface area contributed by atoms with Gasteiger partial charge in [0.2, 0.25) is 0 Å². The van der Waals surface area contributed by atoms with Crippen LogP contribution in [0.2, 0.25) is 0 Å². The Kier molecular flexibility index (Phi) is 6.28. The van der Waals surface area contributed by atoms with Gasteiger partial charge >= 0.3 is 0 Å². The summed E-state index contributed by atoms with van der Waals surface area (Å²) in [4.78, 5) is 1.20. The fourth-order valence-corrected chi connectivity index (χ4v) is 2.47. The zero-order chi connectivity index (χ0) is 14.9. The van der Waals surface area contributed by atoms with Gasteiger partial charge in [0, 0.05) is 16.3 Å². The molecule has 3 nitrogen and oxygen atoms in total. The van der Waals surface area contributed by atoms with Crippen LogP contribution in [0.25, 0.3) is 0 Å². The number of ether oxygens (including phenoxy) is 2. The van der Waals surface area contributed by atoms with Crippen LogP contribution in [0.4, 0.5) is 5.69 Å². The van der Waals surface area contributed by atoms with Crippen molar-refractivity contribution in [3.8, 4) is 11.5 Å². The molecule has 2 aromatic carbocycles. The highest BCUT2D eigenvalue weighted by molar-refractivity contribution is 7.99. The molecule has 0 amide bonds. The molecular formula is C17H21NO2S. The monoisotopic (exact) mass is 303 g/mol. The van der Waals surface area contributed by atoms with Crippen LogP contribution in [0.1, 0.15) is 13.3 Å². The summed E-state index contributed by atoms with van der Waals surface area (Å²) in [7, 11) is 0. The molecule has 0 saturated heterocycles. The van der Waals surface area contributed by atoms with Gasteiger partial charge in [-0.05, 0) is 55.0 Å². The van der Waals surface area contributed by atoms with Gasteiger partial charge in [0.25, 0.3) is 0 Å². The summed E-state index contributed by atoms with van der Waals surface area (Å²) in [6.07, 6.45) is 1.01. The molecule has 0 radical (unpaired) electrons. The van der Waals surface area contributed by atoms with E-state index in [4.69, 9.17) is 15.2 Å². The molecule has 0 aliphatic rings. The summed E-state index contributed by atoms with van der Waals surface area (Å²) in [5, 5.41) is 0. The zero-order valence-electron chi connectivity index (χ0n) is 12.2. The van der Waals surface area contributed by atoms with Crippen LogP contribution in [-0.4, -0.2) is 19.0 Å². The van der Waals surface area contributed by atoms with Crippen LogP contribution in [-0.2, 0) is 0 Å². The molecule has 0 aromatic heterocycles. The molecule has 0 fully saturated rings. The van der Waals surface area contributed by atoms with Crippen molar-refractivity contribution in [2.45, 2.75) is 18.2 Å². The Labute approximate surface area is 130 Å². The number of hydrogen-bond donors (Lipinski definition) is 1. The van der Waals surface area contributed by atoms with E-state index in [1.54, 1.807) is 11.8 Å². The standard InChI is InChI=1S/C17H21NO2S/c1-2-11-19-15-5-7-16(8-6-15)20-12-13-21-17-9-3-14(18)4-10-17/h3-10H,2,11-13,18H2,1H3. The molecule has 0 bridgehead atoms. The van der Waals surface area contributed by atoms with E-state index in [-0.39, 0.29) is 0 Å². The van der Waals surface area contributed by atoms with Crippen molar-refractivity contribution in [2.24, 2.45) is 0 Å². The molecule has 0 spiro atoms. The zero-order valence-corrected chi connectivity index (χ0v) is 13.1. The first kappa shape index (κ1) is 15.6. The Morgan fingerprint density at radius 3 is 2.00 bits per heavy atom. The minimum absolute atomic E-state index is 0.671. The summed E-state index contributed by atoms with van der Waals surface area (Å²) in [5.41, 5.74) is 6.45. The second kappa shape index (κ2) is 8.47. The van der Waals surface area contributed by atoms with Crippen molar-refractivity contribution in [1.29, 1.82) is 0 Å². The summed E-state index contributed by atoms with van der Waals surface area (Å²) < 4.78 is 11.2. The topological polar surface area (TPSA) is 44.5 Å². The third-order valence-corrected chi connectivity index (χ3v) is 3.77. The van der Waals surface area contributed by atoms with Gasteiger partial charge in [0.1, 0.15) is 11.5 Å². The smallest absolute Gasteiger partial charge is 0.119 e. The van der Waals surface area contributed by atoms with Gasteiger partial charge in [-0.25, -0.2) is 0 Å². The van der Waals surface area contributed by atoms with Crippen molar-refractivity contribution < 1.29 is 9.47 Å². The Hall–Kier alpha value is -1.81. The molecule has 2 N–H and O–H groups in total. The molecule has 21 heavy (non-hydrogen) atoms. The van der Waals surface area contributed by atoms with E-state index in [1.165, 1.54) is 4.90 Å². The average Bonchev–Trinajstić information content (AvgIpc) is 2.52. The van der Waals surface area contributed by atoms with E-state index in [9.17, 15) is 0 Å². The summed E-state index contributed by atoms with van der Waals surface area (Å²) in [5.74, 6) is 2.66. The predicted molar refractivity (Wildman–Crippen MR) is 89.3 cm³/mol. The molecular weight excluding hydrogens is 282 g/mol. The molecule has 4 heteroatoms. The molecule has 2 rings (SSSR count). The average molecular weight is 303 g/mol. The van der Waals surface area contributed by atoms with Gasteiger partial charge in [-0.3, -0.25) is 0 Å². The lowest BCUT2D eigenvalue weighted by Gasteiger charge is -2.08. The van der Waals surface area contributed by atoms with Crippen molar-refractivity contribution in [1.82, 2.24) is 0 Å². The normalized spacial score (nSPS) is 10.3. The lowest BCUT2D eigenvalue weighted by atomic mass is 10.3. The first-order valence-electron chi connectivity index (χ1n) is 7.12. The highest BCUT2D eigenvalue weighted by Gasteiger charge is 1.98. The molecule has 0 heterocycles. The third-order valence-electron chi connectivity index (χ3n) is 2.80. The summed E-state index contributed by atoms with van der Waals surface area (Å²) in [6.45, 7) is 3.51. The van der Waals surface area contributed by atoms with Gasteiger partial charge in [-0.15, -0.1) is 11.8 Å². The first-order chi connectivity index (χ1) is 10.3. The molecule has 0 aliphatic heterocycles. The highest BCUT2D eigenvalue weighted by Crippen LogP contribution is 2.21. The van der Waals surface area contributed by atoms with Crippen LogP contribution in [0, 0.1) is 0 Å². The summed E-state index contributed by atoms with van der Waals surface area (Å²) in [6, 6.07) is 15.7. The van der Waals surface area contributed by atoms with Crippen molar-refractivity contribution in [3.63, 3.8) is 0 Å². The quantitative estimate of drug-likeness (QED) is 0.450. The van der Waals surface area contributed by atoms with Gasteiger partial charge < -0.3 is 15.2 Å². The Morgan fingerprint density at radius 1 is 0.857 bits per heavy atom. The molecule has 112 valence electrons. The number of anilines is 1. The van der Waals surface area contributed by atoms with Crippen LogP contribution in [0.5, 0.6) is 11.5 Å². The fourth-order valence-electron chi connectivity index (χ4n) is 1.74. The van der Waals surface area contributed by atoms with Gasteiger partial charge in [-0.1, -0.05) is 6.92 Å². The third kappa shape index (κ3) is 5.60. The molecule has 0 atom stereocenters. The van der Waals surface area contributed by atoms with E-state index in [0.29, 0.717) is 6.61 Å². The van der Waals surface area contributed by atoms with E-state index in [1.807, 2.05) is 48.5 Å². The SMILES string of the molecule is CCCOc1ccc(OCCSc2ccc(N)cc2)cc1. The van der Waals surface area contributed by atoms with E-state index < -0.39 is 0 Å². The molecule has 0 aliphatic carbocycles. The maximum absolute atomic E-state index is 5.71. The number of thioether (sulfide) groups is 1. The second-order valence-electron chi connectivity index (χ2n) is 4.59. The molecule has 2 aromatic rings. The fraction of sp³-hybridized carbons (Fsp3) is 0.294. The van der Waals surface area contributed by atoms with Crippen molar-refractivity contribution >= 4 is 17.4 Å². The van der Waals surface area contributed by atoms with Gasteiger partial charge in [0.15, 0.2) is 0 Å². The Bertz CT molecular complexity index is 525. The number of benzene rings is 2. The second-order valence-corrected chi connectivity index (χ2v) is 5.75. The van der Waals surface area contributed by atoms with Crippen molar-refractivity contribution in [2.75, 3.05) is 24.7 Å². The largest absolute Gasteiger partial charge is 0.494 e. The number of nitrogens with two attached hydrogens (primary N) is 1. The number of nitrogen functional groups attached to an aromatic ring is 1. The lowest BCUT2D eigenvalue weighted by molar-refractivity contribution is 0.314. The maximum Gasteiger partial charge on any atom is 0.119 e. The maximum atomic E-state index is 5.71. The number of hydrogen-bond acceptors (Lipinski definition) is 4. The van der Waals surface area contributed by atoms with Crippen LogP contribution in [0.15, 0.2) is 53.4 Å². The van der Waals surface area contributed by atoms with E-state index in [0.717, 1.165) is 36.0 Å². The first-order valence-corrected chi connectivity index (χ1v) is 8.10. The van der Waals surface area contributed by atoms with Gasteiger partial charge in [-0.2, -0.15) is 0 Å². The molecule has 0 saturated carbocycles. The minimum Gasteiger partial charge on any atom is -0.494 e. The highest BCUT2D eigenvalue weighted by atomic mass is 32.2. The Balaban J connectivity index is 1.69.